The normalized spacial score (nSPS) is 17.8. The molecule has 0 saturated heterocycles. The molecular formula is C20H19ClN2O5. The molecule has 1 aromatic carbocycles. The molecule has 28 heavy (non-hydrogen) atoms. The van der Waals surface area contributed by atoms with Crippen LogP contribution in [0.2, 0.25) is 5.02 Å². The van der Waals surface area contributed by atoms with Crippen LogP contribution in [0.15, 0.2) is 36.5 Å². The van der Waals surface area contributed by atoms with Crippen molar-refractivity contribution in [3.05, 3.63) is 58.4 Å². The number of hydrogen-bond donors (Lipinski definition) is 0. The highest BCUT2D eigenvalue weighted by Crippen LogP contribution is 2.44. The van der Waals surface area contributed by atoms with Crippen LogP contribution in [0.25, 0.3) is 0 Å². The van der Waals surface area contributed by atoms with Crippen LogP contribution in [-0.4, -0.2) is 35.5 Å². The Morgan fingerprint density at radius 3 is 2.61 bits per heavy atom. The number of carbonyl (C=O) groups is 3. The Bertz CT molecular complexity index is 946. The van der Waals surface area contributed by atoms with Gasteiger partial charge in [-0.1, -0.05) is 17.7 Å². The smallest absolute Gasteiger partial charge is 0.415 e. The van der Waals surface area contributed by atoms with Gasteiger partial charge in [-0.25, -0.2) is 4.79 Å². The molecule has 0 saturated carbocycles. The Balaban J connectivity index is 2.15. The van der Waals surface area contributed by atoms with Gasteiger partial charge in [0.15, 0.2) is 6.10 Å². The third kappa shape index (κ3) is 3.71. The van der Waals surface area contributed by atoms with Gasteiger partial charge in [0.05, 0.1) is 12.3 Å². The molecule has 1 aliphatic heterocycles. The van der Waals surface area contributed by atoms with E-state index in [1.54, 1.807) is 37.3 Å². The summed E-state index contributed by atoms with van der Waals surface area (Å²) in [6.07, 6.45) is -0.215. The molecule has 2 atom stereocenters. The van der Waals surface area contributed by atoms with Gasteiger partial charge < -0.3 is 9.47 Å². The summed E-state index contributed by atoms with van der Waals surface area (Å²) >= 11 is 6.11. The molecule has 2 aromatic rings. The van der Waals surface area contributed by atoms with Crippen molar-refractivity contribution in [2.45, 2.75) is 32.9 Å². The molecule has 0 N–H and O–H groups in total. The molecule has 1 aromatic heterocycles. The van der Waals surface area contributed by atoms with E-state index in [1.165, 1.54) is 18.0 Å². The maximum absolute atomic E-state index is 13.3. The van der Waals surface area contributed by atoms with Crippen LogP contribution < -0.4 is 4.90 Å². The van der Waals surface area contributed by atoms with Gasteiger partial charge in [-0.15, -0.1) is 0 Å². The van der Waals surface area contributed by atoms with E-state index >= 15 is 0 Å². The molecule has 1 aliphatic rings. The largest absolute Gasteiger partial charge is 0.455 e. The number of hydrogen-bond acceptors (Lipinski definition) is 6. The van der Waals surface area contributed by atoms with Crippen molar-refractivity contribution in [2.75, 3.05) is 11.5 Å². The number of aryl methyl sites for hydroxylation is 1. The van der Waals surface area contributed by atoms with Gasteiger partial charge in [0.25, 0.3) is 0 Å². The van der Waals surface area contributed by atoms with Gasteiger partial charge in [-0.3, -0.25) is 19.5 Å². The van der Waals surface area contributed by atoms with Crippen molar-refractivity contribution in [2.24, 2.45) is 0 Å². The number of Topliss-reactive ketones (excluding diaryl/α,β-unsaturated/α-hetero) is 1. The first-order valence-electron chi connectivity index (χ1n) is 8.73. The van der Waals surface area contributed by atoms with Crippen LogP contribution in [0.1, 0.15) is 41.6 Å². The molecule has 2 heterocycles. The first-order chi connectivity index (χ1) is 13.3. The molecule has 0 fully saturated rings. The van der Waals surface area contributed by atoms with E-state index in [4.69, 9.17) is 21.1 Å². The zero-order chi connectivity index (χ0) is 20.4. The van der Waals surface area contributed by atoms with Crippen LogP contribution in [0.5, 0.6) is 0 Å². The average Bonchev–Trinajstić information content (AvgIpc) is 2.94. The van der Waals surface area contributed by atoms with Crippen molar-refractivity contribution in [3.63, 3.8) is 0 Å². The molecule has 0 radical (unpaired) electrons. The highest BCUT2D eigenvalue weighted by atomic mass is 35.5. The van der Waals surface area contributed by atoms with Crippen LogP contribution in [0.3, 0.4) is 0 Å². The van der Waals surface area contributed by atoms with Crippen molar-refractivity contribution in [1.29, 1.82) is 0 Å². The third-order valence-corrected chi connectivity index (χ3v) is 4.55. The molecule has 0 bridgehead atoms. The lowest BCUT2D eigenvalue weighted by Gasteiger charge is -2.26. The second-order valence-electron chi connectivity index (χ2n) is 6.33. The van der Waals surface area contributed by atoms with Crippen molar-refractivity contribution >= 4 is 35.1 Å². The number of anilines is 1. The van der Waals surface area contributed by atoms with Gasteiger partial charge in [0.1, 0.15) is 11.7 Å². The lowest BCUT2D eigenvalue weighted by molar-refractivity contribution is -0.146. The Labute approximate surface area is 167 Å². The number of nitrogens with zero attached hydrogens (tertiary/aromatic N) is 2. The second-order valence-corrected chi connectivity index (χ2v) is 6.77. The number of fused-ring (bicyclic) bond motifs is 1. The highest BCUT2D eigenvalue weighted by molar-refractivity contribution is 6.31. The molecule has 8 heteroatoms. The van der Waals surface area contributed by atoms with E-state index < -0.39 is 30.0 Å². The number of ether oxygens (including phenoxy) is 2. The third-order valence-electron chi connectivity index (χ3n) is 4.32. The summed E-state index contributed by atoms with van der Waals surface area (Å²) in [5.74, 6) is -1.04. The topological polar surface area (TPSA) is 85.8 Å². The summed E-state index contributed by atoms with van der Waals surface area (Å²) < 4.78 is 10.6. The zero-order valence-corrected chi connectivity index (χ0v) is 16.4. The summed E-state index contributed by atoms with van der Waals surface area (Å²) in [7, 11) is 0. The van der Waals surface area contributed by atoms with Crippen LogP contribution in [-0.2, 0) is 14.3 Å². The van der Waals surface area contributed by atoms with E-state index in [2.05, 4.69) is 4.98 Å². The minimum atomic E-state index is -1.15. The van der Waals surface area contributed by atoms with Crippen LogP contribution >= 0.6 is 11.6 Å². The first kappa shape index (κ1) is 19.8. The molecular weight excluding hydrogens is 384 g/mol. The maximum Gasteiger partial charge on any atom is 0.415 e. The number of pyridine rings is 1. The van der Waals surface area contributed by atoms with Crippen molar-refractivity contribution in [1.82, 2.24) is 4.98 Å². The van der Waals surface area contributed by atoms with Crippen LogP contribution in [0.4, 0.5) is 10.5 Å². The minimum Gasteiger partial charge on any atom is -0.455 e. The second kappa shape index (κ2) is 7.98. The fraction of sp³-hybridized carbons (Fsp3) is 0.300. The van der Waals surface area contributed by atoms with E-state index in [1.807, 2.05) is 6.92 Å². The van der Waals surface area contributed by atoms with E-state index in [0.29, 0.717) is 16.3 Å². The number of carbonyl (C=O) groups excluding carboxylic acids is 3. The molecule has 0 aliphatic carbocycles. The summed E-state index contributed by atoms with van der Waals surface area (Å²) in [4.78, 5) is 43.1. The van der Waals surface area contributed by atoms with Gasteiger partial charge in [0, 0.05) is 23.7 Å². The Hall–Kier alpha value is -2.93. The quantitative estimate of drug-likeness (QED) is 0.570. The minimum absolute atomic E-state index is 0.118. The van der Waals surface area contributed by atoms with Crippen LogP contribution in [0, 0.1) is 6.92 Å². The summed E-state index contributed by atoms with van der Waals surface area (Å²) in [5.41, 5.74) is 1.86. The number of amides is 1. The number of rotatable bonds is 4. The molecule has 2 unspecified atom stereocenters. The Kier molecular flexibility index (Phi) is 5.65. The van der Waals surface area contributed by atoms with Crippen molar-refractivity contribution in [3.8, 4) is 0 Å². The average molecular weight is 403 g/mol. The first-order valence-corrected chi connectivity index (χ1v) is 9.10. The SMILES string of the molecule is CCOC(=O)N1c2cc(Cl)ccc2C(OC(C)=O)C1C(=O)c1cc(C)ccn1. The van der Waals surface area contributed by atoms with E-state index in [0.717, 1.165) is 5.56 Å². The maximum atomic E-state index is 13.3. The summed E-state index contributed by atoms with van der Waals surface area (Å²) in [6.45, 7) is 4.85. The summed E-state index contributed by atoms with van der Waals surface area (Å²) in [6, 6.07) is 7.01. The molecule has 3 rings (SSSR count). The predicted octanol–water partition coefficient (Wildman–Crippen LogP) is 3.88. The lowest BCUT2D eigenvalue weighted by atomic mass is 10.00. The van der Waals surface area contributed by atoms with Gasteiger partial charge in [0.2, 0.25) is 5.78 Å². The standard InChI is InChI=1S/C20H19ClN2O5/c1-4-27-20(26)23-16-10-13(21)5-6-14(16)19(28-12(3)24)17(23)18(25)15-9-11(2)7-8-22-15/h5-10,17,19H,4H2,1-3H3. The number of esters is 1. The molecule has 146 valence electrons. The Morgan fingerprint density at radius 2 is 1.96 bits per heavy atom. The highest BCUT2D eigenvalue weighted by Gasteiger charge is 2.49. The van der Waals surface area contributed by atoms with Gasteiger partial charge >= 0.3 is 12.1 Å². The lowest BCUT2D eigenvalue weighted by Crippen LogP contribution is -2.46. The van der Waals surface area contributed by atoms with E-state index in [9.17, 15) is 14.4 Å². The number of aromatic nitrogens is 1. The molecule has 7 nitrogen and oxygen atoms in total. The van der Waals surface area contributed by atoms with Gasteiger partial charge in [-0.05, 0) is 43.7 Å². The van der Waals surface area contributed by atoms with Gasteiger partial charge in [-0.2, -0.15) is 0 Å². The molecule has 0 spiro atoms. The number of halogens is 1. The monoisotopic (exact) mass is 402 g/mol. The molecule has 1 amide bonds. The fourth-order valence-corrected chi connectivity index (χ4v) is 3.38. The zero-order valence-electron chi connectivity index (χ0n) is 15.6. The van der Waals surface area contributed by atoms with E-state index in [-0.39, 0.29) is 12.3 Å². The number of benzene rings is 1. The predicted molar refractivity (Wildman–Crippen MR) is 103 cm³/mol. The summed E-state index contributed by atoms with van der Waals surface area (Å²) in [5, 5.41) is 0.372. The number of ketones is 1. The Morgan fingerprint density at radius 1 is 1.21 bits per heavy atom. The van der Waals surface area contributed by atoms with Crippen molar-refractivity contribution < 1.29 is 23.9 Å². The fourth-order valence-electron chi connectivity index (χ4n) is 3.21.